The van der Waals surface area contributed by atoms with E-state index in [1.165, 1.54) is 87.3 Å². The zero-order valence-electron chi connectivity index (χ0n) is 19.5. The molecule has 0 aromatic heterocycles. The van der Waals surface area contributed by atoms with Crippen molar-refractivity contribution in [3.8, 4) is 0 Å². The van der Waals surface area contributed by atoms with Crippen LogP contribution in [-0.4, -0.2) is 12.5 Å². The van der Waals surface area contributed by atoms with Crippen LogP contribution >= 0.6 is 0 Å². The highest BCUT2D eigenvalue weighted by Crippen LogP contribution is 2.35. The Bertz CT molecular complexity index is 780. The Hall–Kier alpha value is -2.09. The Morgan fingerprint density at radius 1 is 0.839 bits per heavy atom. The van der Waals surface area contributed by atoms with E-state index in [0.717, 1.165) is 24.9 Å². The van der Waals surface area contributed by atoms with Gasteiger partial charge in [0, 0.05) is 12.1 Å². The van der Waals surface area contributed by atoms with Gasteiger partial charge in [0.25, 0.3) is 5.91 Å². The van der Waals surface area contributed by atoms with Crippen molar-refractivity contribution >= 4 is 5.91 Å². The Labute approximate surface area is 189 Å². The minimum absolute atomic E-state index is 0.0636. The molecular formula is C29H41NO. The average molecular weight is 420 g/mol. The first-order valence-corrected chi connectivity index (χ1v) is 12.7. The highest BCUT2D eigenvalue weighted by molar-refractivity contribution is 5.94. The summed E-state index contributed by atoms with van der Waals surface area (Å²) in [7, 11) is 0. The number of carbonyl (C=O) groups is 1. The van der Waals surface area contributed by atoms with Crippen molar-refractivity contribution in [3.05, 3.63) is 70.8 Å². The minimum atomic E-state index is 0.0636. The lowest BCUT2D eigenvalue weighted by Gasteiger charge is -2.12. The van der Waals surface area contributed by atoms with Gasteiger partial charge in [-0.1, -0.05) is 101 Å². The molecule has 168 valence electrons. The van der Waals surface area contributed by atoms with Crippen molar-refractivity contribution in [3.63, 3.8) is 0 Å². The maximum atomic E-state index is 12.4. The lowest BCUT2D eigenvalue weighted by atomic mass is 9.93. The fraction of sp³-hybridized carbons (Fsp3) is 0.552. The standard InChI is InChI=1S/C29H41NO/c1-2-3-4-5-6-7-8-9-10-13-22-30-29(31)26-18-16-24(17-19-26)23-27-21-20-25-14-11-12-15-28(25)27/h11-12,14-19,27H,2-10,13,20-23H2,1H3,(H,30,31). The zero-order valence-corrected chi connectivity index (χ0v) is 19.5. The molecule has 0 heterocycles. The number of rotatable bonds is 14. The van der Waals surface area contributed by atoms with Gasteiger partial charge in [-0.3, -0.25) is 4.79 Å². The molecule has 0 aliphatic heterocycles. The topological polar surface area (TPSA) is 29.1 Å². The lowest BCUT2D eigenvalue weighted by molar-refractivity contribution is 0.0953. The Morgan fingerprint density at radius 3 is 2.19 bits per heavy atom. The van der Waals surface area contributed by atoms with Gasteiger partial charge in [-0.2, -0.15) is 0 Å². The largest absolute Gasteiger partial charge is 0.352 e. The van der Waals surface area contributed by atoms with Gasteiger partial charge in [0.1, 0.15) is 0 Å². The number of aryl methyl sites for hydroxylation is 1. The SMILES string of the molecule is CCCCCCCCCCCCNC(=O)c1ccc(CC2CCc3ccccc32)cc1. The smallest absolute Gasteiger partial charge is 0.251 e. The molecule has 31 heavy (non-hydrogen) atoms. The van der Waals surface area contributed by atoms with E-state index < -0.39 is 0 Å². The third-order valence-electron chi connectivity index (χ3n) is 6.77. The van der Waals surface area contributed by atoms with E-state index in [-0.39, 0.29) is 5.91 Å². The molecule has 1 aliphatic carbocycles. The van der Waals surface area contributed by atoms with Crippen molar-refractivity contribution < 1.29 is 4.79 Å². The van der Waals surface area contributed by atoms with E-state index in [2.05, 4.69) is 48.6 Å². The number of hydrogen-bond acceptors (Lipinski definition) is 1. The summed E-state index contributed by atoms with van der Waals surface area (Å²) >= 11 is 0. The highest BCUT2D eigenvalue weighted by atomic mass is 16.1. The second-order valence-corrected chi connectivity index (χ2v) is 9.27. The Morgan fingerprint density at radius 2 is 1.48 bits per heavy atom. The van der Waals surface area contributed by atoms with E-state index in [0.29, 0.717) is 5.92 Å². The summed E-state index contributed by atoms with van der Waals surface area (Å²) < 4.78 is 0. The number of unbranched alkanes of at least 4 members (excludes halogenated alkanes) is 9. The lowest BCUT2D eigenvalue weighted by Crippen LogP contribution is -2.24. The first-order valence-electron chi connectivity index (χ1n) is 12.7. The van der Waals surface area contributed by atoms with Gasteiger partial charge in [-0.25, -0.2) is 0 Å². The predicted octanol–water partition coefficient (Wildman–Crippen LogP) is 7.61. The van der Waals surface area contributed by atoms with Crippen LogP contribution in [-0.2, 0) is 12.8 Å². The number of hydrogen-bond donors (Lipinski definition) is 1. The monoisotopic (exact) mass is 419 g/mol. The minimum Gasteiger partial charge on any atom is -0.352 e. The normalized spacial score (nSPS) is 15.1. The van der Waals surface area contributed by atoms with Crippen LogP contribution in [0.1, 0.15) is 111 Å². The van der Waals surface area contributed by atoms with Crippen LogP contribution in [0.4, 0.5) is 0 Å². The van der Waals surface area contributed by atoms with Crippen molar-refractivity contribution in [2.75, 3.05) is 6.54 Å². The van der Waals surface area contributed by atoms with E-state index >= 15 is 0 Å². The van der Waals surface area contributed by atoms with Gasteiger partial charge >= 0.3 is 0 Å². The molecule has 1 unspecified atom stereocenters. The second kappa shape index (κ2) is 13.3. The molecule has 0 saturated carbocycles. The predicted molar refractivity (Wildman–Crippen MR) is 132 cm³/mol. The van der Waals surface area contributed by atoms with Crippen LogP contribution in [0.25, 0.3) is 0 Å². The number of benzene rings is 2. The fourth-order valence-electron chi connectivity index (χ4n) is 4.85. The summed E-state index contributed by atoms with van der Waals surface area (Å²) in [4.78, 5) is 12.4. The molecule has 2 aromatic rings. The van der Waals surface area contributed by atoms with Gasteiger partial charge in [0.05, 0.1) is 0 Å². The third kappa shape index (κ3) is 7.83. The summed E-state index contributed by atoms with van der Waals surface area (Å²) in [6.07, 6.45) is 16.7. The quantitative estimate of drug-likeness (QED) is 0.314. The van der Waals surface area contributed by atoms with Crippen LogP contribution in [0.2, 0.25) is 0 Å². The molecule has 2 heteroatoms. The summed E-state index contributed by atoms with van der Waals surface area (Å²) in [6.45, 7) is 3.06. The third-order valence-corrected chi connectivity index (χ3v) is 6.77. The molecule has 0 radical (unpaired) electrons. The van der Waals surface area contributed by atoms with Crippen molar-refractivity contribution in [2.45, 2.75) is 96.3 Å². The van der Waals surface area contributed by atoms with Crippen molar-refractivity contribution in [1.29, 1.82) is 0 Å². The first-order chi connectivity index (χ1) is 15.3. The number of amides is 1. The maximum Gasteiger partial charge on any atom is 0.251 e. The number of nitrogens with one attached hydrogen (secondary N) is 1. The summed E-state index contributed by atoms with van der Waals surface area (Å²) in [6, 6.07) is 17.1. The van der Waals surface area contributed by atoms with Gasteiger partial charge < -0.3 is 5.32 Å². The Balaban J connectivity index is 1.28. The molecule has 0 spiro atoms. The summed E-state index contributed by atoms with van der Waals surface area (Å²) in [5, 5.41) is 3.09. The van der Waals surface area contributed by atoms with E-state index in [4.69, 9.17) is 0 Å². The molecule has 0 bridgehead atoms. The van der Waals surface area contributed by atoms with E-state index in [1.807, 2.05) is 12.1 Å². The van der Waals surface area contributed by atoms with Gasteiger partial charge in [-0.15, -0.1) is 0 Å². The molecule has 2 nitrogen and oxygen atoms in total. The van der Waals surface area contributed by atoms with Crippen LogP contribution in [0.15, 0.2) is 48.5 Å². The van der Waals surface area contributed by atoms with Gasteiger partial charge in [-0.05, 0) is 60.4 Å². The van der Waals surface area contributed by atoms with Crippen molar-refractivity contribution in [2.24, 2.45) is 0 Å². The summed E-state index contributed by atoms with van der Waals surface area (Å²) in [5.41, 5.74) is 5.13. The van der Waals surface area contributed by atoms with Crippen LogP contribution in [0.3, 0.4) is 0 Å². The molecule has 1 aliphatic rings. The van der Waals surface area contributed by atoms with Crippen LogP contribution in [0.5, 0.6) is 0 Å². The van der Waals surface area contributed by atoms with Crippen LogP contribution < -0.4 is 5.32 Å². The molecular weight excluding hydrogens is 378 g/mol. The fourth-order valence-corrected chi connectivity index (χ4v) is 4.85. The first kappa shape index (κ1) is 23.6. The van der Waals surface area contributed by atoms with Crippen molar-refractivity contribution in [1.82, 2.24) is 5.32 Å². The summed E-state index contributed by atoms with van der Waals surface area (Å²) in [5.74, 6) is 0.681. The number of fused-ring (bicyclic) bond motifs is 1. The number of carbonyl (C=O) groups excluding carboxylic acids is 1. The van der Waals surface area contributed by atoms with E-state index in [9.17, 15) is 4.79 Å². The molecule has 0 saturated heterocycles. The van der Waals surface area contributed by atoms with Crippen LogP contribution in [0, 0.1) is 0 Å². The Kier molecular flexibility index (Phi) is 10.2. The molecule has 1 atom stereocenters. The molecule has 0 fully saturated rings. The molecule has 2 aromatic carbocycles. The zero-order chi connectivity index (χ0) is 21.7. The molecule has 1 amide bonds. The van der Waals surface area contributed by atoms with Gasteiger partial charge in [0.15, 0.2) is 0 Å². The maximum absolute atomic E-state index is 12.4. The highest BCUT2D eigenvalue weighted by Gasteiger charge is 2.22. The van der Waals surface area contributed by atoms with E-state index in [1.54, 1.807) is 0 Å². The average Bonchev–Trinajstić information content (AvgIpc) is 3.20. The molecule has 1 N–H and O–H groups in total. The second-order valence-electron chi connectivity index (χ2n) is 9.27. The van der Waals surface area contributed by atoms with Gasteiger partial charge in [0.2, 0.25) is 0 Å². The molecule has 3 rings (SSSR count).